The molecular weight excluding hydrogens is 319 g/mol. The molecule has 0 saturated carbocycles. The number of rotatable bonds is 3. The summed E-state index contributed by atoms with van der Waals surface area (Å²) in [4.78, 5) is 34.0. The van der Waals surface area contributed by atoms with Gasteiger partial charge in [-0.25, -0.2) is 4.79 Å². The summed E-state index contributed by atoms with van der Waals surface area (Å²) in [6, 6.07) is 5.64. The Labute approximate surface area is 126 Å². The summed E-state index contributed by atoms with van der Waals surface area (Å²) in [6.07, 6.45) is -4.86. The van der Waals surface area contributed by atoms with E-state index in [1.54, 1.807) is 0 Å². The number of nitro benzene ring substituents is 1. The first-order chi connectivity index (χ1) is 10.6. The number of nitrogens with zero attached hydrogens (tertiary/aromatic N) is 3. The summed E-state index contributed by atoms with van der Waals surface area (Å²) in [5, 5.41) is 10.9. The fourth-order valence-electron chi connectivity index (χ4n) is 2.08. The molecule has 0 spiro atoms. The Hall–Kier alpha value is -2.91. The molecule has 0 amide bonds. The fraction of sp³-hybridized carbons (Fsp3) is 0.231. The minimum absolute atomic E-state index is 0.0384. The lowest BCUT2D eigenvalue weighted by Crippen LogP contribution is -2.41. The number of benzene rings is 1. The molecule has 122 valence electrons. The van der Waals surface area contributed by atoms with Crippen molar-refractivity contribution >= 4 is 5.69 Å². The minimum atomic E-state index is -4.86. The number of halogens is 3. The monoisotopic (exact) mass is 329 g/mol. The van der Waals surface area contributed by atoms with E-state index in [9.17, 15) is 32.9 Å². The first-order valence-electron chi connectivity index (χ1n) is 6.23. The first kappa shape index (κ1) is 16.5. The van der Waals surface area contributed by atoms with E-state index < -0.39 is 34.6 Å². The Bertz CT molecular complexity index is 883. The van der Waals surface area contributed by atoms with E-state index in [0.29, 0.717) is 4.57 Å². The van der Waals surface area contributed by atoms with Crippen molar-refractivity contribution in [2.24, 2.45) is 7.05 Å². The van der Waals surface area contributed by atoms with Crippen LogP contribution in [0.4, 0.5) is 18.9 Å². The molecule has 10 heteroatoms. The summed E-state index contributed by atoms with van der Waals surface area (Å²) in [7, 11) is 0.875. The molecule has 0 N–H and O–H groups in total. The quantitative estimate of drug-likeness (QED) is 0.631. The molecule has 0 fully saturated rings. The van der Waals surface area contributed by atoms with Crippen molar-refractivity contribution in [1.82, 2.24) is 9.13 Å². The molecule has 2 rings (SSSR count). The number of hydrogen-bond acceptors (Lipinski definition) is 4. The number of aromatic nitrogens is 2. The van der Waals surface area contributed by atoms with Gasteiger partial charge in [-0.05, 0) is 0 Å². The second kappa shape index (κ2) is 5.71. The van der Waals surface area contributed by atoms with Gasteiger partial charge in [0.25, 0.3) is 11.2 Å². The average molecular weight is 329 g/mol. The maximum Gasteiger partial charge on any atom is 0.431 e. The lowest BCUT2D eigenvalue weighted by atomic mass is 10.2. The highest BCUT2D eigenvalue weighted by Gasteiger charge is 2.35. The third-order valence-electron chi connectivity index (χ3n) is 3.21. The average Bonchev–Trinajstić information content (AvgIpc) is 2.46. The molecule has 0 aliphatic heterocycles. The van der Waals surface area contributed by atoms with Crippen LogP contribution in [0.5, 0.6) is 0 Å². The Morgan fingerprint density at radius 1 is 1.22 bits per heavy atom. The van der Waals surface area contributed by atoms with Crippen molar-refractivity contribution in [3.63, 3.8) is 0 Å². The van der Waals surface area contributed by atoms with Gasteiger partial charge in [-0.2, -0.15) is 13.2 Å². The van der Waals surface area contributed by atoms with Gasteiger partial charge in [-0.15, -0.1) is 0 Å². The van der Waals surface area contributed by atoms with Gasteiger partial charge in [-0.3, -0.25) is 24.0 Å². The summed E-state index contributed by atoms with van der Waals surface area (Å²) in [5.41, 5.74) is -4.06. The molecule has 1 heterocycles. The van der Waals surface area contributed by atoms with Gasteiger partial charge in [0, 0.05) is 24.7 Å². The standard InChI is InChI=1S/C13H10F3N3O4/c1-17-10(13(14,15)16)6-11(20)18(12(17)21)7-8-4-2-3-5-9(8)19(22)23/h2-6H,7H2,1H3. The largest absolute Gasteiger partial charge is 0.431 e. The number of alkyl halides is 3. The highest BCUT2D eigenvalue weighted by atomic mass is 19.4. The third-order valence-corrected chi connectivity index (χ3v) is 3.21. The van der Waals surface area contributed by atoms with Crippen LogP contribution in [0.2, 0.25) is 0 Å². The molecule has 2 aromatic rings. The van der Waals surface area contributed by atoms with E-state index in [1.807, 2.05) is 0 Å². The van der Waals surface area contributed by atoms with E-state index in [-0.39, 0.29) is 21.9 Å². The van der Waals surface area contributed by atoms with Crippen LogP contribution >= 0.6 is 0 Å². The number of nitro groups is 1. The van der Waals surface area contributed by atoms with Crippen LogP contribution in [0.25, 0.3) is 0 Å². The number of hydrogen-bond donors (Lipinski definition) is 0. The second-order valence-corrected chi connectivity index (χ2v) is 4.68. The summed E-state index contributed by atoms with van der Waals surface area (Å²) < 4.78 is 39.0. The second-order valence-electron chi connectivity index (χ2n) is 4.68. The predicted octanol–water partition coefficient (Wildman–Crippen LogP) is 1.52. The van der Waals surface area contributed by atoms with Crippen molar-refractivity contribution < 1.29 is 18.1 Å². The molecule has 0 bridgehead atoms. The van der Waals surface area contributed by atoms with Crippen molar-refractivity contribution in [3.05, 3.63) is 72.5 Å². The first-order valence-corrected chi connectivity index (χ1v) is 6.23. The van der Waals surface area contributed by atoms with Crippen LogP contribution in [0.15, 0.2) is 39.9 Å². The van der Waals surface area contributed by atoms with E-state index in [2.05, 4.69) is 0 Å². The van der Waals surface area contributed by atoms with E-state index in [0.717, 1.165) is 7.05 Å². The lowest BCUT2D eigenvalue weighted by molar-refractivity contribution is -0.385. The van der Waals surface area contributed by atoms with E-state index in [1.165, 1.54) is 24.3 Å². The van der Waals surface area contributed by atoms with Gasteiger partial charge in [0.1, 0.15) is 5.69 Å². The third kappa shape index (κ3) is 3.15. The molecule has 0 unspecified atom stereocenters. The summed E-state index contributed by atoms with van der Waals surface area (Å²) in [5.74, 6) is 0. The molecule has 0 radical (unpaired) electrons. The van der Waals surface area contributed by atoms with Gasteiger partial charge < -0.3 is 0 Å². The maximum absolute atomic E-state index is 12.7. The lowest BCUT2D eigenvalue weighted by Gasteiger charge is -2.13. The normalized spacial score (nSPS) is 11.5. The topological polar surface area (TPSA) is 87.1 Å². The SMILES string of the molecule is Cn1c(C(F)(F)F)cc(=O)n(Cc2ccccc2[N+](=O)[O-])c1=O. The van der Waals surface area contributed by atoms with Crippen molar-refractivity contribution in [2.45, 2.75) is 12.7 Å². The molecule has 0 saturated heterocycles. The zero-order valence-electron chi connectivity index (χ0n) is 11.7. The maximum atomic E-state index is 12.7. The van der Waals surface area contributed by atoms with E-state index >= 15 is 0 Å². The molecule has 1 aromatic carbocycles. The van der Waals surface area contributed by atoms with Gasteiger partial charge >= 0.3 is 11.9 Å². The zero-order chi connectivity index (χ0) is 17.4. The molecule has 23 heavy (non-hydrogen) atoms. The van der Waals surface area contributed by atoms with Crippen LogP contribution in [0.1, 0.15) is 11.3 Å². The zero-order valence-corrected chi connectivity index (χ0v) is 11.7. The van der Waals surface area contributed by atoms with E-state index in [4.69, 9.17) is 0 Å². The highest BCUT2D eigenvalue weighted by Crippen LogP contribution is 2.27. The van der Waals surface area contributed by atoms with Gasteiger partial charge in [-0.1, -0.05) is 18.2 Å². The molecule has 0 aliphatic carbocycles. The Kier molecular flexibility index (Phi) is 4.08. The highest BCUT2D eigenvalue weighted by molar-refractivity contribution is 5.39. The molecule has 7 nitrogen and oxygen atoms in total. The van der Waals surface area contributed by atoms with Crippen LogP contribution in [0, 0.1) is 10.1 Å². The molecule has 0 aliphatic rings. The Morgan fingerprint density at radius 3 is 2.39 bits per heavy atom. The minimum Gasteiger partial charge on any atom is -0.292 e. The smallest absolute Gasteiger partial charge is 0.292 e. The molecule has 0 atom stereocenters. The van der Waals surface area contributed by atoms with Crippen LogP contribution < -0.4 is 11.2 Å². The molecule has 1 aromatic heterocycles. The summed E-state index contributed by atoms with van der Waals surface area (Å²) in [6.45, 7) is -0.499. The van der Waals surface area contributed by atoms with Crippen LogP contribution in [-0.4, -0.2) is 14.1 Å². The Balaban J connectivity index is 2.60. The molecular formula is C13H10F3N3O4. The summed E-state index contributed by atoms with van der Waals surface area (Å²) >= 11 is 0. The Morgan fingerprint density at radius 2 is 1.83 bits per heavy atom. The van der Waals surface area contributed by atoms with Crippen molar-refractivity contribution in [3.8, 4) is 0 Å². The number of para-hydroxylation sites is 1. The van der Waals surface area contributed by atoms with Gasteiger partial charge in [0.05, 0.1) is 11.5 Å². The van der Waals surface area contributed by atoms with Gasteiger partial charge in [0.2, 0.25) is 0 Å². The predicted molar refractivity (Wildman–Crippen MR) is 73.1 cm³/mol. The fourth-order valence-corrected chi connectivity index (χ4v) is 2.08. The van der Waals surface area contributed by atoms with Crippen LogP contribution in [0.3, 0.4) is 0 Å². The van der Waals surface area contributed by atoms with Gasteiger partial charge in [0.15, 0.2) is 0 Å². The van der Waals surface area contributed by atoms with Crippen molar-refractivity contribution in [2.75, 3.05) is 0 Å². The van der Waals surface area contributed by atoms with Crippen molar-refractivity contribution in [1.29, 1.82) is 0 Å². The van der Waals surface area contributed by atoms with Crippen LogP contribution in [-0.2, 0) is 19.8 Å².